The first kappa shape index (κ1) is 7.54. The van der Waals surface area contributed by atoms with Gasteiger partial charge in [-0.1, -0.05) is 25.3 Å². The van der Waals surface area contributed by atoms with Crippen LogP contribution in [0.3, 0.4) is 0 Å². The van der Waals surface area contributed by atoms with Crippen molar-refractivity contribution in [3.63, 3.8) is 0 Å². The highest BCUT2D eigenvalue weighted by atomic mass is 16.1. The van der Waals surface area contributed by atoms with Crippen molar-refractivity contribution in [1.29, 1.82) is 0 Å². The Hall–Kier alpha value is -1.57. The van der Waals surface area contributed by atoms with Gasteiger partial charge in [-0.25, -0.2) is 0 Å². The fraction of sp³-hybridized carbons (Fsp3) is 0. The topological polar surface area (TPSA) is 32.9 Å². The van der Waals surface area contributed by atoms with Gasteiger partial charge < -0.3 is 4.98 Å². The second-order valence-electron chi connectivity index (χ2n) is 2.16. The summed E-state index contributed by atoms with van der Waals surface area (Å²) in [7, 11) is 0. The zero-order chi connectivity index (χ0) is 8.27. The van der Waals surface area contributed by atoms with Crippen molar-refractivity contribution in [3.8, 4) is 0 Å². The molecule has 56 valence electrons. The summed E-state index contributed by atoms with van der Waals surface area (Å²) in [6.07, 6.45) is 3.45. The lowest BCUT2D eigenvalue weighted by Gasteiger charge is -1.84. The second-order valence-corrected chi connectivity index (χ2v) is 2.16. The van der Waals surface area contributed by atoms with Crippen LogP contribution < -0.4 is 16.1 Å². The summed E-state index contributed by atoms with van der Waals surface area (Å²) in [6, 6.07) is 3.17. The molecule has 0 atom stereocenters. The molecule has 1 aromatic heterocycles. The summed E-state index contributed by atoms with van der Waals surface area (Å²) in [5.41, 5.74) is -0.129. The minimum Gasteiger partial charge on any atom is -0.323 e. The smallest absolute Gasteiger partial charge is 0.248 e. The van der Waals surface area contributed by atoms with Crippen LogP contribution in [0.4, 0.5) is 0 Å². The standard InChI is InChI=1S/C9H9NO/c1-3-4-8-5-6-9(11)10-7(8)2/h3-6H,1-2H2,(H,10,11)/b8-4-. The Balaban J connectivity index is 3.56. The molecule has 0 aliphatic carbocycles. The number of hydrogen-bond acceptors (Lipinski definition) is 1. The molecule has 2 nitrogen and oxygen atoms in total. The van der Waals surface area contributed by atoms with Crippen molar-refractivity contribution in [2.75, 3.05) is 0 Å². The lowest BCUT2D eigenvalue weighted by Crippen LogP contribution is -2.31. The van der Waals surface area contributed by atoms with Crippen LogP contribution in [0.25, 0.3) is 12.7 Å². The Morgan fingerprint density at radius 3 is 2.73 bits per heavy atom. The Morgan fingerprint density at radius 1 is 1.45 bits per heavy atom. The number of rotatable bonds is 1. The molecule has 11 heavy (non-hydrogen) atoms. The van der Waals surface area contributed by atoms with Crippen molar-refractivity contribution in [2.24, 2.45) is 0 Å². The van der Waals surface area contributed by atoms with Crippen LogP contribution in [0.1, 0.15) is 0 Å². The molecule has 1 N–H and O–H groups in total. The first-order valence-electron chi connectivity index (χ1n) is 3.25. The maximum atomic E-state index is 10.7. The predicted octanol–water partition coefficient (Wildman–Crippen LogP) is -0.248. The molecular weight excluding hydrogens is 138 g/mol. The molecule has 0 spiro atoms. The zero-order valence-electron chi connectivity index (χ0n) is 6.13. The monoisotopic (exact) mass is 147 g/mol. The van der Waals surface area contributed by atoms with E-state index in [9.17, 15) is 4.79 Å². The van der Waals surface area contributed by atoms with E-state index in [1.807, 2.05) is 0 Å². The van der Waals surface area contributed by atoms with Crippen LogP contribution in [0, 0.1) is 0 Å². The van der Waals surface area contributed by atoms with Gasteiger partial charge in [0, 0.05) is 11.4 Å². The molecular formula is C9H9NO. The quantitative estimate of drug-likeness (QED) is 0.584. The first-order chi connectivity index (χ1) is 5.24. The molecule has 0 radical (unpaired) electrons. The van der Waals surface area contributed by atoms with Crippen LogP contribution in [0.15, 0.2) is 29.6 Å². The maximum Gasteiger partial charge on any atom is 0.248 e. The van der Waals surface area contributed by atoms with Crippen molar-refractivity contribution < 1.29 is 0 Å². The van der Waals surface area contributed by atoms with Crippen molar-refractivity contribution in [2.45, 2.75) is 0 Å². The summed E-state index contributed by atoms with van der Waals surface area (Å²) >= 11 is 0. The van der Waals surface area contributed by atoms with Gasteiger partial charge in [0.25, 0.3) is 0 Å². The van der Waals surface area contributed by atoms with Crippen LogP contribution in [-0.2, 0) is 0 Å². The fourth-order valence-corrected chi connectivity index (χ4v) is 0.812. The van der Waals surface area contributed by atoms with E-state index in [1.165, 1.54) is 6.07 Å². The van der Waals surface area contributed by atoms with Gasteiger partial charge in [-0.15, -0.1) is 0 Å². The van der Waals surface area contributed by atoms with E-state index < -0.39 is 0 Å². The number of hydrogen-bond donors (Lipinski definition) is 1. The minimum atomic E-state index is -0.129. The number of H-pyrrole nitrogens is 1. The Bertz CT molecular complexity index is 414. The van der Waals surface area contributed by atoms with E-state index in [1.54, 1.807) is 18.2 Å². The molecule has 0 amide bonds. The van der Waals surface area contributed by atoms with Crippen molar-refractivity contribution in [1.82, 2.24) is 4.98 Å². The molecule has 0 aliphatic heterocycles. The van der Waals surface area contributed by atoms with Crippen LogP contribution in [0.5, 0.6) is 0 Å². The van der Waals surface area contributed by atoms with E-state index >= 15 is 0 Å². The van der Waals surface area contributed by atoms with Crippen molar-refractivity contribution in [3.05, 3.63) is 45.7 Å². The van der Waals surface area contributed by atoms with Gasteiger partial charge in [0.05, 0.1) is 0 Å². The van der Waals surface area contributed by atoms with Gasteiger partial charge in [0.15, 0.2) is 0 Å². The lowest BCUT2D eigenvalue weighted by molar-refractivity contribution is 1.16. The lowest BCUT2D eigenvalue weighted by atomic mass is 10.3. The van der Waals surface area contributed by atoms with Crippen LogP contribution in [0.2, 0.25) is 0 Å². The van der Waals surface area contributed by atoms with Crippen LogP contribution >= 0.6 is 0 Å². The van der Waals surface area contributed by atoms with Gasteiger partial charge >= 0.3 is 0 Å². The SMILES string of the molecule is C=C/C=c1/ccc(=O)[nH]c1=C. The zero-order valence-corrected chi connectivity index (χ0v) is 6.13. The third-order valence-corrected chi connectivity index (χ3v) is 1.33. The van der Waals surface area contributed by atoms with Gasteiger partial charge in [-0.3, -0.25) is 4.79 Å². The molecule has 2 heteroatoms. The highest BCUT2D eigenvalue weighted by Gasteiger charge is 1.81. The molecule has 0 unspecified atom stereocenters. The normalized spacial score (nSPS) is 11.5. The third-order valence-electron chi connectivity index (χ3n) is 1.33. The maximum absolute atomic E-state index is 10.7. The third kappa shape index (κ3) is 1.67. The Morgan fingerprint density at radius 2 is 2.18 bits per heavy atom. The fourth-order valence-electron chi connectivity index (χ4n) is 0.812. The van der Waals surface area contributed by atoms with E-state index in [4.69, 9.17) is 0 Å². The molecule has 0 bridgehead atoms. The molecule has 0 saturated carbocycles. The minimum absolute atomic E-state index is 0.129. The van der Waals surface area contributed by atoms with Gasteiger partial charge in [0.2, 0.25) is 5.56 Å². The summed E-state index contributed by atoms with van der Waals surface area (Å²) in [6.45, 7) is 7.21. The summed E-state index contributed by atoms with van der Waals surface area (Å²) in [4.78, 5) is 13.3. The van der Waals surface area contributed by atoms with E-state index in [0.717, 1.165) is 5.22 Å². The molecule has 1 aromatic rings. The average Bonchev–Trinajstić information content (AvgIpc) is 1.95. The summed E-state index contributed by atoms with van der Waals surface area (Å²) < 4.78 is 0. The highest BCUT2D eigenvalue weighted by Crippen LogP contribution is 1.62. The Labute approximate surface area is 64.2 Å². The van der Waals surface area contributed by atoms with Gasteiger partial charge in [0.1, 0.15) is 0 Å². The second kappa shape index (κ2) is 3.01. The molecule has 0 saturated heterocycles. The summed E-state index contributed by atoms with van der Waals surface area (Å²) in [5.74, 6) is 0. The van der Waals surface area contributed by atoms with Gasteiger partial charge in [-0.05, 0) is 11.3 Å². The Kier molecular flexibility index (Phi) is 2.06. The van der Waals surface area contributed by atoms with E-state index in [2.05, 4.69) is 18.1 Å². The average molecular weight is 147 g/mol. The molecule has 0 aromatic carbocycles. The molecule has 0 aliphatic rings. The number of nitrogens with one attached hydrogen (secondary N) is 1. The molecule has 0 fully saturated rings. The van der Waals surface area contributed by atoms with Crippen LogP contribution in [-0.4, -0.2) is 4.98 Å². The molecule has 1 rings (SSSR count). The molecule has 1 heterocycles. The van der Waals surface area contributed by atoms with E-state index in [-0.39, 0.29) is 5.56 Å². The van der Waals surface area contributed by atoms with E-state index in [0.29, 0.717) is 5.35 Å². The highest BCUT2D eigenvalue weighted by molar-refractivity contribution is 5.34. The predicted molar refractivity (Wildman–Crippen MR) is 46.5 cm³/mol. The summed E-state index contributed by atoms with van der Waals surface area (Å²) in [5, 5.41) is 1.51. The van der Waals surface area contributed by atoms with Crippen molar-refractivity contribution >= 4 is 12.7 Å². The number of aromatic nitrogens is 1. The van der Waals surface area contributed by atoms with Gasteiger partial charge in [-0.2, -0.15) is 0 Å². The first-order valence-corrected chi connectivity index (χ1v) is 3.25. The number of allylic oxidation sites excluding steroid dienone is 1. The number of pyridine rings is 1. The largest absolute Gasteiger partial charge is 0.323 e. The number of aromatic amines is 1.